The van der Waals surface area contributed by atoms with E-state index in [1.54, 1.807) is 11.1 Å². The van der Waals surface area contributed by atoms with E-state index in [0.29, 0.717) is 44.2 Å². The average Bonchev–Trinajstić information content (AvgIpc) is 3.06. The maximum absolute atomic E-state index is 14.4. The molecule has 12 nitrogen and oxygen atoms in total. The first-order valence-electron chi connectivity index (χ1n) is 17.7. The van der Waals surface area contributed by atoms with Gasteiger partial charge in [0.25, 0.3) is 5.91 Å². The Hall–Kier alpha value is -2.91. The number of carbonyl (C=O) groups is 1. The predicted octanol–water partition coefficient (Wildman–Crippen LogP) is 4.22. The first kappa shape index (κ1) is 35.9. The molecule has 4 aliphatic heterocycles. The fourth-order valence-corrected chi connectivity index (χ4v) is 9.44. The molecule has 4 aliphatic rings. The van der Waals surface area contributed by atoms with E-state index in [9.17, 15) is 17.6 Å². The van der Waals surface area contributed by atoms with Crippen molar-refractivity contribution in [2.75, 3.05) is 57.4 Å². The van der Waals surface area contributed by atoms with Crippen LogP contribution in [0.15, 0.2) is 30.7 Å². The first-order chi connectivity index (χ1) is 23.4. The lowest BCUT2D eigenvalue weighted by Gasteiger charge is -2.54. The van der Waals surface area contributed by atoms with Crippen LogP contribution in [0.25, 0.3) is 0 Å². The minimum Gasteiger partial charge on any atom is -0.451 e. The monoisotopic (exact) mass is 702 g/mol. The molecule has 0 bridgehead atoms. The van der Waals surface area contributed by atoms with E-state index in [1.807, 2.05) is 27.7 Å². The molecule has 2 aromatic rings. The van der Waals surface area contributed by atoms with Crippen LogP contribution in [0.2, 0.25) is 0 Å². The minimum atomic E-state index is -3.37. The summed E-state index contributed by atoms with van der Waals surface area (Å²) in [6, 6.07) is 3.71. The number of sulfonamides is 1. The molecule has 49 heavy (non-hydrogen) atoms. The Bertz CT molecular complexity index is 1540. The number of rotatable bonds is 11. The molecule has 4 saturated heterocycles. The Balaban J connectivity index is 1.000. The number of hydrogen-bond acceptors (Lipinski definition) is 10. The molecule has 2 atom stereocenters. The second kappa shape index (κ2) is 15.1. The van der Waals surface area contributed by atoms with Crippen LogP contribution in [-0.2, 0) is 19.5 Å². The maximum Gasteiger partial charge on any atom is 0.258 e. The number of aromatic nitrogens is 2. The van der Waals surface area contributed by atoms with E-state index in [1.165, 1.54) is 24.5 Å². The number of nitrogens with one attached hydrogen (secondary N) is 1. The largest absolute Gasteiger partial charge is 0.451 e. The number of likely N-dealkylation sites (tertiary alicyclic amines) is 1. The smallest absolute Gasteiger partial charge is 0.258 e. The molecule has 1 amide bonds. The standard InChI is InChI=1S/C35H51FN6O6S/c1-24(2)42(25(3)4)34(43)30-17-26(36)5-8-31(30)48-32-18-37-23-38-33(32)41-21-35(22-41)11-13-40(14-12-35)19-28-7-6-27(20-47-28)39-49(44,45)29-9-15-46-16-10-29/h5,8,17-18,23-25,27-29,39H,6-7,9-16,19-22H2,1-4H3/t27-,28+/m1/s1. The van der Waals surface area contributed by atoms with E-state index in [4.69, 9.17) is 14.2 Å². The third kappa shape index (κ3) is 8.36. The van der Waals surface area contributed by atoms with E-state index in [-0.39, 0.29) is 52.1 Å². The van der Waals surface area contributed by atoms with Gasteiger partial charge < -0.3 is 28.9 Å². The zero-order valence-electron chi connectivity index (χ0n) is 29.1. The van der Waals surface area contributed by atoms with Gasteiger partial charge in [0.2, 0.25) is 10.0 Å². The lowest BCUT2D eigenvalue weighted by molar-refractivity contribution is -0.0300. The van der Waals surface area contributed by atoms with Gasteiger partial charge in [-0.05, 0) is 97.5 Å². The lowest BCUT2D eigenvalue weighted by Crippen LogP contribution is -2.61. The van der Waals surface area contributed by atoms with Gasteiger partial charge in [0.1, 0.15) is 17.9 Å². The van der Waals surface area contributed by atoms with Gasteiger partial charge in [0.15, 0.2) is 11.6 Å². The van der Waals surface area contributed by atoms with Crippen molar-refractivity contribution in [1.29, 1.82) is 0 Å². The van der Waals surface area contributed by atoms with Crippen LogP contribution in [0, 0.1) is 11.2 Å². The highest BCUT2D eigenvalue weighted by Crippen LogP contribution is 2.45. The number of benzene rings is 1. The van der Waals surface area contributed by atoms with Crippen LogP contribution in [0.1, 0.15) is 76.6 Å². The van der Waals surface area contributed by atoms with Gasteiger partial charge in [-0.2, -0.15) is 0 Å². The predicted molar refractivity (Wildman–Crippen MR) is 184 cm³/mol. The second-order valence-electron chi connectivity index (χ2n) is 14.7. The van der Waals surface area contributed by atoms with Crippen molar-refractivity contribution in [3.63, 3.8) is 0 Å². The number of piperidine rings is 1. The molecule has 5 heterocycles. The zero-order valence-corrected chi connectivity index (χ0v) is 30.0. The van der Waals surface area contributed by atoms with E-state index in [2.05, 4.69) is 24.5 Å². The van der Waals surface area contributed by atoms with Crippen LogP contribution < -0.4 is 14.4 Å². The summed E-state index contributed by atoms with van der Waals surface area (Å²) in [5, 5.41) is -0.375. The summed E-state index contributed by atoms with van der Waals surface area (Å²) < 4.78 is 60.6. The maximum atomic E-state index is 14.4. The molecule has 4 fully saturated rings. The highest BCUT2D eigenvalue weighted by molar-refractivity contribution is 7.90. The van der Waals surface area contributed by atoms with Crippen molar-refractivity contribution in [2.45, 2.75) is 95.7 Å². The van der Waals surface area contributed by atoms with Gasteiger partial charge in [-0.25, -0.2) is 27.5 Å². The second-order valence-corrected chi connectivity index (χ2v) is 16.7. The van der Waals surface area contributed by atoms with Crippen molar-refractivity contribution in [2.24, 2.45) is 5.41 Å². The third-order valence-corrected chi connectivity index (χ3v) is 12.4. The number of nitrogens with zero attached hydrogens (tertiary/aromatic N) is 5. The fourth-order valence-electron chi connectivity index (χ4n) is 7.79. The number of ether oxygens (including phenoxy) is 3. The Morgan fingerprint density at radius 3 is 2.45 bits per heavy atom. The Labute approximate surface area is 289 Å². The summed E-state index contributed by atoms with van der Waals surface area (Å²) in [6.45, 7) is 13.6. The SMILES string of the molecule is CC(C)N(C(=O)c1cc(F)ccc1Oc1cncnc1N1CC2(CCN(C[C@@H]3CC[C@@H](NS(=O)(=O)C4CCOCC4)CO3)CC2)C1)C(C)C. The van der Waals surface area contributed by atoms with Gasteiger partial charge >= 0.3 is 0 Å². The van der Waals surface area contributed by atoms with Crippen molar-refractivity contribution in [1.82, 2.24) is 24.5 Å². The fraction of sp³-hybridized carbons (Fsp3) is 0.686. The number of carbonyl (C=O) groups excluding carboxylic acids is 1. The van der Waals surface area contributed by atoms with Crippen molar-refractivity contribution in [3.8, 4) is 11.5 Å². The summed E-state index contributed by atoms with van der Waals surface area (Å²) in [6.07, 6.45) is 8.02. The summed E-state index contributed by atoms with van der Waals surface area (Å²) >= 11 is 0. The Morgan fingerprint density at radius 2 is 1.80 bits per heavy atom. The van der Waals surface area contributed by atoms with Crippen LogP contribution in [-0.4, -0.2) is 116 Å². The summed E-state index contributed by atoms with van der Waals surface area (Å²) in [4.78, 5) is 28.7. The molecule has 270 valence electrons. The Kier molecular flexibility index (Phi) is 11.1. The van der Waals surface area contributed by atoms with Crippen molar-refractivity contribution >= 4 is 21.7 Å². The molecule has 1 N–H and O–H groups in total. The molecule has 1 spiro atoms. The number of anilines is 1. The topological polar surface area (TPSA) is 126 Å². The van der Waals surface area contributed by atoms with Crippen LogP contribution in [0.3, 0.4) is 0 Å². The molecule has 14 heteroatoms. The van der Waals surface area contributed by atoms with E-state index >= 15 is 0 Å². The van der Waals surface area contributed by atoms with Crippen LogP contribution >= 0.6 is 0 Å². The molecular weight excluding hydrogens is 651 g/mol. The number of halogens is 1. The van der Waals surface area contributed by atoms with Crippen LogP contribution in [0.4, 0.5) is 10.2 Å². The molecule has 0 aliphatic carbocycles. The number of hydrogen-bond donors (Lipinski definition) is 1. The normalized spacial score (nSPS) is 23.5. The Morgan fingerprint density at radius 1 is 1.08 bits per heavy atom. The van der Waals surface area contributed by atoms with E-state index < -0.39 is 15.8 Å². The molecule has 1 aromatic heterocycles. The van der Waals surface area contributed by atoms with Gasteiger partial charge in [0.05, 0.1) is 29.7 Å². The van der Waals surface area contributed by atoms with E-state index in [0.717, 1.165) is 58.4 Å². The summed E-state index contributed by atoms with van der Waals surface area (Å²) in [5.74, 6) is 0.565. The highest BCUT2D eigenvalue weighted by Gasteiger charge is 2.46. The van der Waals surface area contributed by atoms with Gasteiger partial charge in [0, 0.05) is 56.4 Å². The molecular formula is C35H51FN6O6S. The third-order valence-electron chi connectivity index (χ3n) is 10.4. The summed E-state index contributed by atoms with van der Waals surface area (Å²) in [5.41, 5.74) is 0.351. The van der Waals surface area contributed by atoms with Gasteiger partial charge in [-0.15, -0.1) is 0 Å². The molecule has 0 radical (unpaired) electrons. The van der Waals surface area contributed by atoms with Crippen molar-refractivity contribution < 1.29 is 31.8 Å². The summed E-state index contributed by atoms with van der Waals surface area (Å²) in [7, 11) is -3.37. The van der Waals surface area contributed by atoms with Crippen LogP contribution in [0.5, 0.6) is 11.5 Å². The lowest BCUT2D eigenvalue weighted by atomic mass is 9.72. The number of amides is 1. The van der Waals surface area contributed by atoms with Gasteiger partial charge in [-0.3, -0.25) is 4.79 Å². The zero-order chi connectivity index (χ0) is 34.8. The first-order valence-corrected chi connectivity index (χ1v) is 19.3. The van der Waals surface area contributed by atoms with Gasteiger partial charge in [-0.1, -0.05) is 0 Å². The quantitative estimate of drug-likeness (QED) is 0.364. The highest BCUT2D eigenvalue weighted by atomic mass is 32.2. The minimum absolute atomic E-state index is 0.0684. The molecule has 1 aromatic carbocycles. The van der Waals surface area contributed by atoms with Crippen molar-refractivity contribution in [3.05, 3.63) is 42.1 Å². The molecule has 0 unspecified atom stereocenters. The average molecular weight is 703 g/mol. The molecule has 0 saturated carbocycles. The molecule has 6 rings (SSSR count).